The number of hydrogen-bond donors (Lipinski definition) is 1. The number of carbonyl (C=O) groups is 2. The van der Waals surface area contributed by atoms with Gasteiger partial charge in [0.2, 0.25) is 11.8 Å². The first-order valence-electron chi connectivity index (χ1n) is 9.39. The molecule has 1 aromatic rings. The van der Waals surface area contributed by atoms with Crippen molar-refractivity contribution in [2.75, 3.05) is 32.7 Å². The zero-order chi connectivity index (χ0) is 18.7. The molecule has 1 N–H and O–H groups in total. The van der Waals surface area contributed by atoms with Gasteiger partial charge in [-0.1, -0.05) is 12.1 Å². The van der Waals surface area contributed by atoms with Gasteiger partial charge < -0.3 is 19.9 Å². The van der Waals surface area contributed by atoms with Crippen LogP contribution in [0.15, 0.2) is 18.2 Å². The van der Waals surface area contributed by atoms with Crippen LogP contribution < -0.4 is 10.1 Å². The summed E-state index contributed by atoms with van der Waals surface area (Å²) in [7, 11) is 0. The van der Waals surface area contributed by atoms with Gasteiger partial charge in [-0.3, -0.25) is 9.59 Å². The van der Waals surface area contributed by atoms with Gasteiger partial charge in [0.1, 0.15) is 11.4 Å². The Morgan fingerprint density at radius 2 is 1.85 bits per heavy atom. The van der Waals surface area contributed by atoms with Gasteiger partial charge >= 0.3 is 0 Å². The lowest BCUT2D eigenvalue weighted by Crippen LogP contribution is -2.50. The molecule has 2 amide bonds. The van der Waals surface area contributed by atoms with Gasteiger partial charge in [0.05, 0.1) is 0 Å². The molecular weight excluding hydrogens is 330 g/mol. The van der Waals surface area contributed by atoms with E-state index in [0.29, 0.717) is 39.1 Å². The number of hydrogen-bond acceptors (Lipinski definition) is 4. The van der Waals surface area contributed by atoms with E-state index < -0.39 is 0 Å². The second kappa shape index (κ2) is 7.66. The molecule has 6 nitrogen and oxygen atoms in total. The molecule has 2 aliphatic heterocycles. The lowest BCUT2D eigenvalue weighted by molar-refractivity contribution is -0.138. The number of rotatable bonds is 5. The third-order valence-electron chi connectivity index (χ3n) is 5.05. The highest BCUT2D eigenvalue weighted by Gasteiger charge is 2.29. The first kappa shape index (κ1) is 18.7. The Hall–Kier alpha value is -2.08. The van der Waals surface area contributed by atoms with Crippen molar-refractivity contribution in [1.29, 1.82) is 0 Å². The Morgan fingerprint density at radius 1 is 1.15 bits per heavy atom. The number of ether oxygens (including phenoxy) is 1. The van der Waals surface area contributed by atoms with Gasteiger partial charge in [-0.25, -0.2) is 0 Å². The number of carbonyl (C=O) groups excluding carboxylic acids is 2. The Labute approximate surface area is 155 Å². The number of amides is 2. The van der Waals surface area contributed by atoms with E-state index in [1.165, 1.54) is 11.1 Å². The van der Waals surface area contributed by atoms with Crippen LogP contribution in [0.3, 0.4) is 0 Å². The van der Waals surface area contributed by atoms with Gasteiger partial charge in [-0.15, -0.1) is 0 Å². The monoisotopic (exact) mass is 359 g/mol. The predicted molar refractivity (Wildman–Crippen MR) is 100 cm³/mol. The summed E-state index contributed by atoms with van der Waals surface area (Å²) in [4.78, 5) is 27.3. The molecule has 0 spiro atoms. The molecule has 2 aliphatic rings. The van der Waals surface area contributed by atoms with Crippen LogP contribution in [0.1, 0.15) is 38.3 Å². The molecule has 142 valence electrons. The topological polar surface area (TPSA) is 61.9 Å². The third-order valence-corrected chi connectivity index (χ3v) is 5.05. The number of benzene rings is 1. The molecule has 0 aromatic heterocycles. The van der Waals surface area contributed by atoms with E-state index in [-0.39, 0.29) is 17.4 Å². The zero-order valence-electron chi connectivity index (χ0n) is 16.0. The van der Waals surface area contributed by atoms with Crippen molar-refractivity contribution in [2.45, 2.75) is 45.8 Å². The fraction of sp³-hybridized carbons (Fsp3) is 0.600. The fourth-order valence-corrected chi connectivity index (χ4v) is 3.63. The van der Waals surface area contributed by atoms with E-state index >= 15 is 0 Å². The molecule has 0 saturated carbocycles. The summed E-state index contributed by atoms with van der Waals surface area (Å²) in [5.41, 5.74) is 2.36. The Morgan fingerprint density at radius 3 is 2.54 bits per heavy atom. The van der Waals surface area contributed by atoms with E-state index in [9.17, 15) is 9.59 Å². The molecule has 3 rings (SSSR count). The molecule has 0 radical (unpaired) electrons. The van der Waals surface area contributed by atoms with Gasteiger partial charge in [0.15, 0.2) is 0 Å². The highest BCUT2D eigenvalue weighted by molar-refractivity contribution is 5.77. The van der Waals surface area contributed by atoms with Crippen LogP contribution in [0.25, 0.3) is 0 Å². The minimum Gasteiger partial charge on any atom is -0.487 e. The van der Waals surface area contributed by atoms with Gasteiger partial charge in [0.25, 0.3) is 0 Å². The number of nitrogens with zero attached hydrogens (tertiary/aromatic N) is 2. The Bertz CT molecular complexity index is 679. The lowest BCUT2D eigenvalue weighted by Gasteiger charge is -2.34. The van der Waals surface area contributed by atoms with E-state index in [1.807, 2.05) is 11.0 Å². The smallest absolute Gasteiger partial charge is 0.223 e. The number of fused-ring (bicyclic) bond motifs is 1. The van der Waals surface area contributed by atoms with Crippen LogP contribution in [0.2, 0.25) is 0 Å². The molecule has 1 aromatic carbocycles. The summed E-state index contributed by atoms with van der Waals surface area (Å²) < 4.78 is 5.90. The second-order valence-corrected chi connectivity index (χ2v) is 7.79. The molecule has 1 saturated heterocycles. The SMILES string of the molecule is CC(=O)N1CCN(C(=O)CCNCc2ccc3c(c2)CC(C)(C)O3)CC1. The van der Waals surface area contributed by atoms with Crippen molar-refractivity contribution in [1.82, 2.24) is 15.1 Å². The predicted octanol–water partition coefficient (Wildman–Crippen LogP) is 1.57. The highest BCUT2D eigenvalue weighted by Crippen LogP contribution is 2.35. The van der Waals surface area contributed by atoms with E-state index in [4.69, 9.17) is 4.74 Å². The molecule has 6 heteroatoms. The average molecular weight is 359 g/mol. The second-order valence-electron chi connectivity index (χ2n) is 7.79. The molecule has 0 atom stereocenters. The lowest BCUT2D eigenvalue weighted by atomic mass is 10.0. The van der Waals surface area contributed by atoms with E-state index in [2.05, 4.69) is 31.3 Å². The maximum absolute atomic E-state index is 12.3. The molecular formula is C20H29N3O3. The van der Waals surface area contributed by atoms with Gasteiger partial charge in [-0.2, -0.15) is 0 Å². The molecule has 0 aliphatic carbocycles. The minimum atomic E-state index is -0.118. The summed E-state index contributed by atoms with van der Waals surface area (Å²) in [6.07, 6.45) is 1.42. The average Bonchev–Trinajstić information content (AvgIpc) is 2.91. The van der Waals surface area contributed by atoms with Crippen molar-refractivity contribution in [2.24, 2.45) is 0 Å². The normalized spacial score (nSPS) is 18.4. The van der Waals surface area contributed by atoms with Crippen LogP contribution >= 0.6 is 0 Å². The van der Waals surface area contributed by atoms with Crippen molar-refractivity contribution in [3.63, 3.8) is 0 Å². The Balaban J connectivity index is 1.38. The summed E-state index contributed by atoms with van der Waals surface area (Å²) in [6.45, 7) is 9.75. The van der Waals surface area contributed by atoms with Crippen molar-refractivity contribution < 1.29 is 14.3 Å². The van der Waals surface area contributed by atoms with Crippen LogP contribution in [0, 0.1) is 0 Å². The van der Waals surface area contributed by atoms with Gasteiger partial charge in [-0.05, 0) is 31.0 Å². The molecule has 1 fully saturated rings. The quantitative estimate of drug-likeness (QED) is 0.811. The largest absolute Gasteiger partial charge is 0.487 e. The summed E-state index contributed by atoms with van der Waals surface area (Å²) in [6, 6.07) is 6.32. The molecule has 2 heterocycles. The van der Waals surface area contributed by atoms with Gasteiger partial charge in [0, 0.05) is 59.0 Å². The first-order chi connectivity index (χ1) is 12.3. The maximum atomic E-state index is 12.3. The van der Waals surface area contributed by atoms with Crippen LogP contribution in [0.5, 0.6) is 5.75 Å². The molecule has 0 unspecified atom stereocenters. The highest BCUT2D eigenvalue weighted by atomic mass is 16.5. The van der Waals surface area contributed by atoms with E-state index in [0.717, 1.165) is 18.7 Å². The Kier molecular flexibility index (Phi) is 5.51. The van der Waals surface area contributed by atoms with Crippen molar-refractivity contribution in [3.05, 3.63) is 29.3 Å². The summed E-state index contributed by atoms with van der Waals surface area (Å²) >= 11 is 0. The number of nitrogens with one attached hydrogen (secondary N) is 1. The fourth-order valence-electron chi connectivity index (χ4n) is 3.63. The minimum absolute atomic E-state index is 0.0851. The summed E-state index contributed by atoms with van der Waals surface area (Å²) in [5.74, 6) is 1.23. The zero-order valence-corrected chi connectivity index (χ0v) is 16.0. The molecule has 0 bridgehead atoms. The van der Waals surface area contributed by atoms with E-state index in [1.54, 1.807) is 11.8 Å². The standard InChI is InChI=1S/C20H29N3O3/c1-15(24)22-8-10-23(11-9-22)19(25)6-7-21-14-16-4-5-18-17(12-16)13-20(2,3)26-18/h4-5,12,21H,6-11,13-14H2,1-3H3. The maximum Gasteiger partial charge on any atom is 0.223 e. The molecule has 26 heavy (non-hydrogen) atoms. The van der Waals surface area contributed by atoms with Crippen LogP contribution in [-0.4, -0.2) is 59.9 Å². The van der Waals surface area contributed by atoms with Crippen LogP contribution in [0.4, 0.5) is 0 Å². The van der Waals surface area contributed by atoms with Crippen LogP contribution in [-0.2, 0) is 22.6 Å². The summed E-state index contributed by atoms with van der Waals surface area (Å²) in [5, 5.41) is 3.36. The first-order valence-corrected chi connectivity index (χ1v) is 9.39. The van der Waals surface area contributed by atoms with Crippen molar-refractivity contribution >= 4 is 11.8 Å². The third kappa shape index (κ3) is 4.55. The van der Waals surface area contributed by atoms with Crippen molar-refractivity contribution in [3.8, 4) is 5.75 Å². The number of piperazine rings is 1.